The number of benzene rings is 3. The van der Waals surface area contributed by atoms with E-state index in [9.17, 15) is 5.11 Å². The molecule has 0 fully saturated rings. The molecule has 1 N–H and O–H groups in total. The molecule has 0 amide bonds. The number of aromatic nitrogens is 4. The van der Waals surface area contributed by atoms with E-state index in [0.717, 1.165) is 59.1 Å². The van der Waals surface area contributed by atoms with Crippen LogP contribution in [0.4, 0.5) is 0 Å². The zero-order chi connectivity index (χ0) is 32.6. The molecule has 3 aromatic carbocycles. The fourth-order valence-corrected chi connectivity index (χ4v) is 6.30. The molecule has 2 aliphatic carbocycles. The minimum absolute atomic E-state index is 0.621. The van der Waals surface area contributed by atoms with E-state index >= 15 is 0 Å². The number of aryl methyl sites for hydroxylation is 4. The Hall–Kier alpha value is -4.20. The molecular weight excluding hydrogens is 579 g/mol. The highest BCUT2D eigenvalue weighted by Gasteiger charge is 2.35. The van der Waals surface area contributed by atoms with E-state index in [1.54, 1.807) is 21.3 Å². The fourth-order valence-electron chi connectivity index (χ4n) is 6.30. The molecule has 0 bridgehead atoms. The van der Waals surface area contributed by atoms with E-state index in [0.29, 0.717) is 17.5 Å². The van der Waals surface area contributed by atoms with Gasteiger partial charge >= 0.3 is 7.48 Å². The van der Waals surface area contributed by atoms with Gasteiger partial charge in [0.05, 0.1) is 16.9 Å². The summed E-state index contributed by atoms with van der Waals surface area (Å²) in [5.74, 6) is 2.01. The number of hydrogen-bond donors (Lipinski definition) is 1. The Morgan fingerprint density at radius 1 is 0.574 bits per heavy atom. The van der Waals surface area contributed by atoms with Crippen molar-refractivity contribution in [2.45, 2.75) is 90.3 Å². The lowest BCUT2D eigenvalue weighted by Gasteiger charge is -2.37. The number of fused-ring (bicyclic) bond motifs is 2. The van der Waals surface area contributed by atoms with Gasteiger partial charge in [0.2, 0.25) is 0 Å². The quantitative estimate of drug-likeness (QED) is 0.181. The van der Waals surface area contributed by atoms with Gasteiger partial charge in [-0.1, -0.05) is 54.0 Å². The van der Waals surface area contributed by atoms with Gasteiger partial charge in [0.1, 0.15) is 0 Å². The molecular formula is C40H42BN4O2. The Balaban J connectivity index is 1.19. The third kappa shape index (κ3) is 6.78. The van der Waals surface area contributed by atoms with Crippen molar-refractivity contribution in [3.05, 3.63) is 101 Å². The lowest BCUT2D eigenvalue weighted by atomic mass is 9.82. The molecule has 0 spiro atoms. The Morgan fingerprint density at radius 3 is 1.53 bits per heavy atom. The molecule has 7 heteroatoms. The van der Waals surface area contributed by atoms with Gasteiger partial charge in [0, 0.05) is 28.5 Å². The second-order valence-electron chi connectivity index (χ2n) is 14.0. The van der Waals surface area contributed by atoms with Crippen LogP contribution in [0.25, 0.3) is 45.4 Å². The number of pyridine rings is 1. The Morgan fingerprint density at radius 2 is 1.04 bits per heavy atom. The predicted octanol–water partition coefficient (Wildman–Crippen LogP) is 7.50. The molecule has 0 atom stereocenters. The van der Waals surface area contributed by atoms with E-state index in [1.165, 1.54) is 47.9 Å². The summed E-state index contributed by atoms with van der Waals surface area (Å²) in [5, 5.41) is 10.4. The van der Waals surface area contributed by atoms with Gasteiger partial charge in [-0.15, -0.1) is 0 Å². The van der Waals surface area contributed by atoms with E-state index in [2.05, 4.69) is 36.4 Å². The topological polar surface area (TPSA) is 81.0 Å². The van der Waals surface area contributed by atoms with E-state index in [4.69, 9.17) is 24.6 Å². The van der Waals surface area contributed by atoms with Crippen LogP contribution in [0.15, 0.2) is 79.0 Å². The molecule has 7 rings (SSSR count). The maximum absolute atomic E-state index is 10.4. The van der Waals surface area contributed by atoms with Crippen LogP contribution >= 0.6 is 0 Å². The first-order valence-electron chi connectivity index (χ1n) is 16.9. The average molecular weight is 622 g/mol. The summed E-state index contributed by atoms with van der Waals surface area (Å²) in [6.07, 6.45) is 11.3. The Labute approximate surface area is 279 Å². The Kier molecular flexibility index (Phi) is 8.54. The van der Waals surface area contributed by atoms with E-state index in [1.807, 2.05) is 56.4 Å². The van der Waals surface area contributed by atoms with Gasteiger partial charge in [-0.05, 0) is 126 Å². The molecule has 47 heavy (non-hydrogen) atoms. The molecule has 0 saturated carbocycles. The van der Waals surface area contributed by atoms with Crippen LogP contribution in [-0.4, -0.2) is 43.7 Å². The molecule has 0 unspecified atom stereocenters. The van der Waals surface area contributed by atoms with Crippen LogP contribution in [0.3, 0.4) is 0 Å². The third-order valence-corrected chi connectivity index (χ3v) is 10.0. The first-order valence-corrected chi connectivity index (χ1v) is 16.9. The molecule has 0 aliphatic heterocycles. The van der Waals surface area contributed by atoms with Gasteiger partial charge in [-0.25, -0.2) is 15.0 Å². The van der Waals surface area contributed by atoms with Crippen LogP contribution in [-0.2, 0) is 30.3 Å². The lowest BCUT2D eigenvalue weighted by Crippen LogP contribution is -2.49. The fraction of sp³-hybridized carbons (Fsp3) is 0.350. The number of hydrogen-bond acceptors (Lipinski definition) is 6. The smallest absolute Gasteiger partial charge is 0.330 e. The van der Waals surface area contributed by atoms with Gasteiger partial charge < -0.3 is 9.76 Å². The highest BCUT2D eigenvalue weighted by Crippen LogP contribution is 2.31. The zero-order valence-corrected chi connectivity index (χ0v) is 27.9. The second-order valence-corrected chi connectivity index (χ2v) is 14.0. The van der Waals surface area contributed by atoms with Crippen molar-refractivity contribution in [2.24, 2.45) is 0 Å². The molecule has 2 heterocycles. The summed E-state index contributed by atoms with van der Waals surface area (Å²) >= 11 is 0. The van der Waals surface area contributed by atoms with Crippen molar-refractivity contribution in [3.8, 4) is 45.4 Å². The van der Waals surface area contributed by atoms with Crippen LogP contribution in [0.5, 0.6) is 0 Å². The van der Waals surface area contributed by atoms with Gasteiger partial charge in [-0.3, -0.25) is 4.98 Å². The first kappa shape index (κ1) is 31.4. The van der Waals surface area contributed by atoms with Crippen molar-refractivity contribution in [1.29, 1.82) is 0 Å². The lowest BCUT2D eigenvalue weighted by molar-refractivity contribution is -0.0893. The molecule has 1 radical (unpaired) electrons. The number of nitrogens with zero attached hydrogens (tertiary/aromatic N) is 4. The van der Waals surface area contributed by atoms with Gasteiger partial charge in [0.15, 0.2) is 17.5 Å². The molecule has 2 aliphatic rings. The van der Waals surface area contributed by atoms with Crippen molar-refractivity contribution in [1.82, 2.24) is 19.9 Å². The van der Waals surface area contributed by atoms with Gasteiger partial charge in [-0.2, -0.15) is 0 Å². The minimum Gasteiger partial charge on any atom is -0.427 e. The standard InChI is InChI=1S/C40H42BN4O2/c1-39(2,46)40(3,4)47-41-34-20-17-28(18-21-34)35-22-19-33(25-42-35)38-44-36(31-15-13-26-9-5-7-11-29(26)23-31)43-37(45-38)32-16-14-27-10-6-8-12-30(27)24-32/h13-25,46H,5-12H2,1-4H3. The van der Waals surface area contributed by atoms with E-state index in [-0.39, 0.29) is 0 Å². The largest absolute Gasteiger partial charge is 0.427 e. The van der Waals surface area contributed by atoms with Crippen LogP contribution in [0.2, 0.25) is 0 Å². The number of rotatable bonds is 8. The monoisotopic (exact) mass is 621 g/mol. The predicted molar refractivity (Wildman–Crippen MR) is 189 cm³/mol. The Bertz CT molecular complexity index is 1820. The molecule has 6 nitrogen and oxygen atoms in total. The average Bonchev–Trinajstić information content (AvgIpc) is 3.10. The second kappa shape index (κ2) is 12.8. The van der Waals surface area contributed by atoms with Crippen molar-refractivity contribution >= 4 is 12.9 Å². The highest BCUT2D eigenvalue weighted by atomic mass is 16.5. The number of aliphatic hydroxyl groups is 1. The summed E-state index contributed by atoms with van der Waals surface area (Å²) in [4.78, 5) is 19.9. The van der Waals surface area contributed by atoms with Crippen molar-refractivity contribution in [2.75, 3.05) is 0 Å². The SMILES string of the molecule is CC(C)(O)C(C)(C)O[B]c1ccc(-c2ccc(-c3nc(-c4ccc5c(c4)CCCC5)nc(-c4ccc5c(c4)CCCC5)n3)cn2)cc1. The summed E-state index contributed by atoms with van der Waals surface area (Å²) in [7, 11) is 1.69. The summed E-state index contributed by atoms with van der Waals surface area (Å²) in [6, 6.07) is 25.5. The minimum atomic E-state index is -0.976. The summed E-state index contributed by atoms with van der Waals surface area (Å²) < 4.78 is 5.92. The normalized spacial score (nSPS) is 14.7. The zero-order valence-electron chi connectivity index (χ0n) is 27.9. The highest BCUT2D eigenvalue weighted by molar-refractivity contribution is 6.47. The van der Waals surface area contributed by atoms with Crippen LogP contribution < -0.4 is 5.46 Å². The summed E-state index contributed by atoms with van der Waals surface area (Å²) in [6.45, 7) is 7.25. The van der Waals surface area contributed by atoms with E-state index < -0.39 is 11.2 Å². The van der Waals surface area contributed by atoms with Crippen molar-refractivity contribution in [3.63, 3.8) is 0 Å². The maximum Gasteiger partial charge on any atom is 0.330 e. The third-order valence-electron chi connectivity index (χ3n) is 10.0. The van der Waals surface area contributed by atoms with Crippen molar-refractivity contribution < 1.29 is 9.76 Å². The molecule has 0 saturated heterocycles. The van der Waals surface area contributed by atoms with Gasteiger partial charge in [0.25, 0.3) is 0 Å². The summed E-state index contributed by atoms with van der Waals surface area (Å²) in [5.41, 5.74) is 9.69. The molecule has 2 aromatic heterocycles. The van der Waals surface area contributed by atoms with Crippen LogP contribution in [0.1, 0.15) is 75.6 Å². The molecule has 237 valence electrons. The molecule has 5 aromatic rings. The first-order chi connectivity index (χ1) is 22.6. The van der Waals surface area contributed by atoms with Crippen LogP contribution in [0, 0.1) is 0 Å². The maximum atomic E-state index is 10.4.